The van der Waals surface area contributed by atoms with Gasteiger partial charge in [0.25, 0.3) is 0 Å². The van der Waals surface area contributed by atoms with Gasteiger partial charge in [-0.1, -0.05) is 11.3 Å². The van der Waals surface area contributed by atoms with Crippen molar-refractivity contribution in [2.24, 2.45) is 0 Å². The maximum Gasteiger partial charge on any atom is 0.189 e. The quantitative estimate of drug-likeness (QED) is 0.817. The summed E-state index contributed by atoms with van der Waals surface area (Å²) in [4.78, 5) is 13.0. The van der Waals surface area contributed by atoms with Crippen LogP contribution in [0.5, 0.6) is 0 Å². The molecule has 1 fully saturated rings. The van der Waals surface area contributed by atoms with Crippen molar-refractivity contribution in [3.63, 3.8) is 0 Å². The molecule has 1 aliphatic rings. The number of aromatic nitrogens is 3. The van der Waals surface area contributed by atoms with Crippen molar-refractivity contribution < 1.29 is 4.79 Å². The van der Waals surface area contributed by atoms with Gasteiger partial charge in [-0.2, -0.15) is 0 Å². The van der Waals surface area contributed by atoms with Crippen LogP contribution in [0.4, 0.5) is 0 Å². The summed E-state index contributed by atoms with van der Waals surface area (Å²) in [5, 5.41) is 13.1. The first-order valence-corrected chi connectivity index (χ1v) is 6.39. The van der Waals surface area contributed by atoms with Crippen molar-refractivity contribution in [2.45, 2.75) is 12.5 Å². The van der Waals surface area contributed by atoms with E-state index in [1.807, 2.05) is 17.5 Å². The van der Waals surface area contributed by atoms with Crippen molar-refractivity contribution in [2.75, 3.05) is 13.1 Å². The van der Waals surface area contributed by atoms with E-state index in [0.29, 0.717) is 18.2 Å². The van der Waals surface area contributed by atoms with Gasteiger partial charge in [-0.3, -0.25) is 4.79 Å². The molecule has 2 aromatic heterocycles. The molecule has 6 heteroatoms. The van der Waals surface area contributed by atoms with Gasteiger partial charge in [-0.25, -0.2) is 4.68 Å². The lowest BCUT2D eigenvalue weighted by molar-refractivity contribution is 0.0989. The van der Waals surface area contributed by atoms with Gasteiger partial charge in [0.15, 0.2) is 5.78 Å². The second-order valence-corrected chi connectivity index (χ2v) is 5.11. The Morgan fingerprint density at radius 2 is 2.47 bits per heavy atom. The average Bonchev–Trinajstić information content (AvgIpc) is 2.85. The van der Waals surface area contributed by atoms with E-state index in [0.717, 1.165) is 18.0 Å². The Labute approximate surface area is 102 Å². The first kappa shape index (κ1) is 10.6. The van der Waals surface area contributed by atoms with Crippen molar-refractivity contribution in [1.29, 1.82) is 0 Å². The molecule has 5 nitrogen and oxygen atoms in total. The smallest absolute Gasteiger partial charge is 0.189 e. The number of rotatable bonds is 4. The van der Waals surface area contributed by atoms with Gasteiger partial charge in [0.2, 0.25) is 0 Å². The summed E-state index contributed by atoms with van der Waals surface area (Å²) in [7, 11) is 0. The van der Waals surface area contributed by atoms with Gasteiger partial charge in [0, 0.05) is 24.4 Å². The minimum absolute atomic E-state index is 0.0333. The van der Waals surface area contributed by atoms with Crippen LogP contribution in [0.15, 0.2) is 23.7 Å². The summed E-state index contributed by atoms with van der Waals surface area (Å²) in [6.07, 6.45) is 2.17. The monoisotopic (exact) mass is 248 g/mol. The van der Waals surface area contributed by atoms with E-state index in [4.69, 9.17) is 0 Å². The van der Waals surface area contributed by atoms with Crippen LogP contribution in [0, 0.1) is 0 Å². The van der Waals surface area contributed by atoms with Gasteiger partial charge >= 0.3 is 0 Å². The Morgan fingerprint density at radius 3 is 3.12 bits per heavy atom. The number of ketones is 1. The van der Waals surface area contributed by atoms with Gasteiger partial charge in [0.05, 0.1) is 12.2 Å². The number of nitrogens with one attached hydrogen (secondary N) is 1. The number of carbonyl (C=O) groups is 1. The lowest BCUT2D eigenvalue weighted by Gasteiger charge is -2.26. The zero-order valence-corrected chi connectivity index (χ0v) is 9.98. The maximum absolute atomic E-state index is 11.9. The summed E-state index contributed by atoms with van der Waals surface area (Å²) in [6, 6.07) is 4.26. The Bertz CT molecular complexity index is 515. The van der Waals surface area contributed by atoms with Crippen LogP contribution in [-0.4, -0.2) is 33.9 Å². The molecule has 3 rings (SSSR count). The number of thiophene rings is 1. The number of carbonyl (C=O) groups excluding carboxylic acids is 1. The van der Waals surface area contributed by atoms with Crippen LogP contribution in [-0.2, 0) is 6.42 Å². The van der Waals surface area contributed by atoms with Gasteiger partial charge < -0.3 is 5.32 Å². The van der Waals surface area contributed by atoms with E-state index < -0.39 is 0 Å². The normalized spacial score (nSPS) is 15.8. The Morgan fingerprint density at radius 1 is 1.59 bits per heavy atom. The summed E-state index contributed by atoms with van der Waals surface area (Å²) >= 11 is 1.59. The second-order valence-electron chi connectivity index (χ2n) is 4.08. The molecule has 2 aromatic rings. The Kier molecular flexibility index (Phi) is 2.74. The molecule has 0 atom stereocenters. The molecule has 0 radical (unpaired) electrons. The van der Waals surface area contributed by atoms with E-state index in [2.05, 4.69) is 15.6 Å². The van der Waals surface area contributed by atoms with Crippen LogP contribution < -0.4 is 5.32 Å². The molecule has 1 aliphatic heterocycles. The molecule has 0 saturated carbocycles. The predicted molar refractivity (Wildman–Crippen MR) is 64.3 cm³/mol. The summed E-state index contributed by atoms with van der Waals surface area (Å²) < 4.78 is 1.78. The summed E-state index contributed by atoms with van der Waals surface area (Å²) in [5.74, 6) is 0.0333. The summed E-state index contributed by atoms with van der Waals surface area (Å²) in [6.45, 7) is 1.81. The highest BCUT2D eigenvalue weighted by Gasteiger charge is 2.21. The molecule has 0 aliphatic carbocycles. The lowest BCUT2D eigenvalue weighted by atomic mass is 10.2. The molecule has 17 heavy (non-hydrogen) atoms. The van der Waals surface area contributed by atoms with E-state index >= 15 is 0 Å². The fourth-order valence-electron chi connectivity index (χ4n) is 1.71. The molecule has 0 unspecified atom stereocenters. The third-order valence-corrected chi connectivity index (χ3v) is 3.72. The van der Waals surface area contributed by atoms with Crippen molar-refractivity contribution in [3.05, 3.63) is 34.3 Å². The van der Waals surface area contributed by atoms with E-state index in [1.165, 1.54) is 0 Å². The van der Waals surface area contributed by atoms with E-state index in [9.17, 15) is 4.79 Å². The van der Waals surface area contributed by atoms with Gasteiger partial charge in [0.1, 0.15) is 5.69 Å². The third kappa shape index (κ3) is 2.13. The van der Waals surface area contributed by atoms with E-state index in [1.54, 1.807) is 22.2 Å². The standard InChI is InChI=1S/C11H12N4OS/c16-11(4-9-2-1-3-17-9)10-7-15(14-13-10)8-5-12-6-8/h1-3,7-8,12H,4-6H2. The maximum atomic E-state index is 11.9. The molecule has 0 aromatic carbocycles. The van der Waals surface area contributed by atoms with Crippen molar-refractivity contribution in [3.8, 4) is 0 Å². The minimum Gasteiger partial charge on any atom is -0.312 e. The molecule has 0 bridgehead atoms. The summed E-state index contributed by atoms with van der Waals surface area (Å²) in [5.41, 5.74) is 0.463. The predicted octanol–water partition coefficient (Wildman–Crippen LogP) is 0.909. The fourth-order valence-corrected chi connectivity index (χ4v) is 2.41. The highest BCUT2D eigenvalue weighted by atomic mass is 32.1. The Balaban J connectivity index is 1.70. The van der Waals surface area contributed by atoms with E-state index in [-0.39, 0.29) is 5.78 Å². The van der Waals surface area contributed by atoms with Gasteiger partial charge in [-0.15, -0.1) is 16.4 Å². The average molecular weight is 248 g/mol. The molecule has 1 saturated heterocycles. The number of hydrogen-bond donors (Lipinski definition) is 1. The third-order valence-electron chi connectivity index (χ3n) is 2.84. The number of Topliss-reactive ketones (excluding diaryl/α,β-unsaturated/α-hetero) is 1. The van der Waals surface area contributed by atoms with Crippen LogP contribution in [0.2, 0.25) is 0 Å². The molecule has 1 N–H and O–H groups in total. The number of nitrogens with zero attached hydrogens (tertiary/aromatic N) is 3. The molecule has 0 spiro atoms. The molecular formula is C11H12N4OS. The molecule has 3 heterocycles. The van der Waals surface area contributed by atoms with Crippen LogP contribution >= 0.6 is 11.3 Å². The molecule has 0 amide bonds. The van der Waals surface area contributed by atoms with Crippen LogP contribution in [0.1, 0.15) is 21.4 Å². The highest BCUT2D eigenvalue weighted by molar-refractivity contribution is 7.10. The van der Waals surface area contributed by atoms with Crippen LogP contribution in [0.3, 0.4) is 0 Å². The topological polar surface area (TPSA) is 59.8 Å². The van der Waals surface area contributed by atoms with Crippen molar-refractivity contribution >= 4 is 17.1 Å². The highest BCUT2D eigenvalue weighted by Crippen LogP contribution is 2.13. The van der Waals surface area contributed by atoms with Gasteiger partial charge in [-0.05, 0) is 11.4 Å². The fraction of sp³-hybridized carbons (Fsp3) is 0.364. The lowest BCUT2D eigenvalue weighted by Crippen LogP contribution is -2.43. The largest absolute Gasteiger partial charge is 0.312 e. The first-order chi connectivity index (χ1) is 8.33. The minimum atomic E-state index is 0.0333. The second kappa shape index (κ2) is 4.38. The zero-order chi connectivity index (χ0) is 11.7. The molecular weight excluding hydrogens is 236 g/mol. The SMILES string of the molecule is O=C(Cc1cccs1)c1cn(C2CNC2)nn1. The number of hydrogen-bond acceptors (Lipinski definition) is 5. The Hall–Kier alpha value is -1.53. The van der Waals surface area contributed by atoms with Crippen molar-refractivity contribution in [1.82, 2.24) is 20.3 Å². The first-order valence-electron chi connectivity index (χ1n) is 5.51. The van der Waals surface area contributed by atoms with Crippen LogP contribution in [0.25, 0.3) is 0 Å². The zero-order valence-electron chi connectivity index (χ0n) is 9.17. The molecule has 88 valence electrons.